The minimum atomic E-state index is -0.257. The molecule has 150 valence electrons. The first-order valence-corrected chi connectivity index (χ1v) is 9.86. The number of hydrogen-bond acceptors (Lipinski definition) is 3. The average molecular weight is 385 g/mol. The Balaban J connectivity index is 1.57. The number of rotatable bonds is 6. The molecule has 1 saturated heterocycles. The maximum Gasteiger partial charge on any atom is 0.320 e. The van der Waals surface area contributed by atoms with Crippen molar-refractivity contribution in [1.82, 2.24) is 9.80 Å². The number of ether oxygens (including phenoxy) is 1. The topological polar surface area (TPSA) is 36.0 Å². The van der Waals surface area contributed by atoms with Gasteiger partial charge >= 0.3 is 6.03 Å². The zero-order valence-electron chi connectivity index (χ0n) is 16.6. The van der Waals surface area contributed by atoms with Crippen LogP contribution in [0, 0.1) is 5.82 Å². The van der Waals surface area contributed by atoms with Crippen LogP contribution in [0.3, 0.4) is 0 Å². The number of halogens is 1. The Morgan fingerprint density at radius 2 is 1.75 bits per heavy atom. The van der Waals surface area contributed by atoms with Crippen LogP contribution in [0.15, 0.2) is 48.5 Å². The zero-order chi connectivity index (χ0) is 19.9. The number of nitrogens with zero attached hydrogens (tertiary/aromatic N) is 3. The van der Waals surface area contributed by atoms with Gasteiger partial charge in [-0.3, -0.25) is 0 Å². The molecule has 0 atom stereocenters. The van der Waals surface area contributed by atoms with Crippen molar-refractivity contribution in [3.63, 3.8) is 0 Å². The van der Waals surface area contributed by atoms with E-state index in [0.717, 1.165) is 43.2 Å². The number of piperazine rings is 1. The van der Waals surface area contributed by atoms with Gasteiger partial charge < -0.3 is 19.4 Å². The molecular weight excluding hydrogens is 357 g/mol. The van der Waals surface area contributed by atoms with Gasteiger partial charge in [-0.25, -0.2) is 9.18 Å². The van der Waals surface area contributed by atoms with Crippen LogP contribution < -0.4 is 9.64 Å². The van der Waals surface area contributed by atoms with Crippen molar-refractivity contribution in [3.05, 3.63) is 59.9 Å². The van der Waals surface area contributed by atoms with Crippen molar-refractivity contribution < 1.29 is 13.9 Å². The van der Waals surface area contributed by atoms with E-state index in [4.69, 9.17) is 4.74 Å². The maximum absolute atomic E-state index is 13.3. The monoisotopic (exact) mass is 385 g/mol. The SMILES string of the molecule is CCN(CC)C(=O)N1CCN(c2cccc(OCc3cccc(F)c3)c2)CC1. The third-order valence-electron chi connectivity index (χ3n) is 5.06. The summed E-state index contributed by atoms with van der Waals surface area (Å²) >= 11 is 0. The number of benzene rings is 2. The molecule has 5 nitrogen and oxygen atoms in total. The van der Waals surface area contributed by atoms with Crippen molar-refractivity contribution in [2.45, 2.75) is 20.5 Å². The lowest BCUT2D eigenvalue weighted by Gasteiger charge is -2.38. The summed E-state index contributed by atoms with van der Waals surface area (Å²) in [5.41, 5.74) is 1.88. The molecule has 2 aromatic rings. The first-order chi connectivity index (χ1) is 13.6. The Bertz CT molecular complexity index is 787. The van der Waals surface area contributed by atoms with Crippen molar-refractivity contribution in [2.75, 3.05) is 44.2 Å². The summed E-state index contributed by atoms with van der Waals surface area (Å²) in [6.45, 7) is 8.82. The van der Waals surface area contributed by atoms with Gasteiger partial charge in [0, 0.05) is 51.0 Å². The maximum atomic E-state index is 13.3. The molecule has 0 saturated carbocycles. The van der Waals surface area contributed by atoms with Gasteiger partial charge in [0.15, 0.2) is 0 Å². The Kier molecular flexibility index (Phi) is 6.74. The Hall–Kier alpha value is -2.76. The highest BCUT2D eigenvalue weighted by atomic mass is 19.1. The van der Waals surface area contributed by atoms with Crippen molar-refractivity contribution >= 4 is 11.7 Å². The lowest BCUT2D eigenvalue weighted by atomic mass is 10.2. The van der Waals surface area contributed by atoms with E-state index in [9.17, 15) is 9.18 Å². The normalized spacial score (nSPS) is 14.1. The van der Waals surface area contributed by atoms with Crippen LogP contribution in [0.25, 0.3) is 0 Å². The molecular formula is C22H28FN3O2. The Morgan fingerprint density at radius 3 is 2.43 bits per heavy atom. The molecule has 0 aliphatic carbocycles. The molecule has 2 aromatic carbocycles. The largest absolute Gasteiger partial charge is 0.489 e. The van der Waals surface area contributed by atoms with Crippen LogP contribution in [0.1, 0.15) is 19.4 Å². The molecule has 0 aromatic heterocycles. The van der Waals surface area contributed by atoms with E-state index in [1.54, 1.807) is 6.07 Å². The van der Waals surface area contributed by atoms with E-state index in [2.05, 4.69) is 11.0 Å². The molecule has 2 amide bonds. The number of anilines is 1. The van der Waals surface area contributed by atoms with Crippen molar-refractivity contribution in [1.29, 1.82) is 0 Å². The summed E-state index contributed by atoms with van der Waals surface area (Å²) in [6.07, 6.45) is 0. The van der Waals surface area contributed by atoms with Gasteiger partial charge in [0.05, 0.1) is 0 Å². The van der Waals surface area contributed by atoms with Crippen LogP contribution in [0.2, 0.25) is 0 Å². The van der Waals surface area contributed by atoms with Gasteiger partial charge in [0.25, 0.3) is 0 Å². The van der Waals surface area contributed by atoms with E-state index >= 15 is 0 Å². The molecule has 6 heteroatoms. The molecule has 0 unspecified atom stereocenters. The van der Waals surface area contributed by atoms with Gasteiger partial charge in [-0.1, -0.05) is 18.2 Å². The summed E-state index contributed by atoms with van der Waals surface area (Å²) in [5.74, 6) is 0.496. The number of hydrogen-bond donors (Lipinski definition) is 0. The highest BCUT2D eigenvalue weighted by molar-refractivity contribution is 5.74. The summed E-state index contributed by atoms with van der Waals surface area (Å²) in [7, 11) is 0. The predicted molar refractivity (Wildman–Crippen MR) is 109 cm³/mol. The fourth-order valence-corrected chi connectivity index (χ4v) is 3.41. The van der Waals surface area contributed by atoms with Crippen LogP contribution in [0.4, 0.5) is 14.9 Å². The first-order valence-electron chi connectivity index (χ1n) is 9.86. The fourth-order valence-electron chi connectivity index (χ4n) is 3.41. The predicted octanol–water partition coefficient (Wildman–Crippen LogP) is 3.99. The third kappa shape index (κ3) is 4.94. The summed E-state index contributed by atoms with van der Waals surface area (Å²) in [4.78, 5) is 18.5. The van der Waals surface area contributed by atoms with Crippen LogP contribution in [-0.2, 0) is 6.61 Å². The van der Waals surface area contributed by atoms with Gasteiger partial charge in [0.2, 0.25) is 0 Å². The summed E-state index contributed by atoms with van der Waals surface area (Å²) < 4.78 is 19.1. The lowest BCUT2D eigenvalue weighted by molar-refractivity contribution is 0.154. The quantitative estimate of drug-likeness (QED) is 0.754. The third-order valence-corrected chi connectivity index (χ3v) is 5.06. The smallest absolute Gasteiger partial charge is 0.320 e. The minimum absolute atomic E-state index is 0.122. The van der Waals surface area contributed by atoms with E-state index < -0.39 is 0 Å². The molecule has 3 rings (SSSR count). The number of carbonyl (C=O) groups excluding carboxylic acids is 1. The molecule has 0 radical (unpaired) electrons. The minimum Gasteiger partial charge on any atom is -0.489 e. The molecule has 1 heterocycles. The highest BCUT2D eigenvalue weighted by Crippen LogP contribution is 2.23. The van der Waals surface area contributed by atoms with Crippen molar-refractivity contribution in [3.8, 4) is 5.75 Å². The molecule has 1 aliphatic rings. The summed E-state index contributed by atoms with van der Waals surface area (Å²) in [5, 5.41) is 0. The highest BCUT2D eigenvalue weighted by Gasteiger charge is 2.24. The number of carbonyl (C=O) groups is 1. The second kappa shape index (κ2) is 9.44. The molecule has 0 spiro atoms. The standard InChI is InChI=1S/C22H28FN3O2/c1-3-24(4-2)22(27)26-13-11-25(12-14-26)20-9-6-10-21(16-20)28-17-18-7-5-8-19(23)15-18/h5-10,15-16H,3-4,11-14,17H2,1-2H3. The van der Waals surface area contributed by atoms with Crippen LogP contribution in [0.5, 0.6) is 5.75 Å². The zero-order valence-corrected chi connectivity index (χ0v) is 16.6. The van der Waals surface area contributed by atoms with Gasteiger partial charge in [-0.15, -0.1) is 0 Å². The van der Waals surface area contributed by atoms with Crippen LogP contribution >= 0.6 is 0 Å². The lowest BCUT2D eigenvalue weighted by Crippen LogP contribution is -2.52. The summed E-state index contributed by atoms with van der Waals surface area (Å²) in [6, 6.07) is 14.5. The van der Waals surface area contributed by atoms with E-state index in [0.29, 0.717) is 19.7 Å². The number of amides is 2. The first kappa shape index (κ1) is 20.0. The molecule has 1 fully saturated rings. The van der Waals surface area contributed by atoms with Gasteiger partial charge in [-0.05, 0) is 43.7 Å². The van der Waals surface area contributed by atoms with Crippen LogP contribution in [-0.4, -0.2) is 55.1 Å². The second-order valence-electron chi connectivity index (χ2n) is 6.84. The Morgan fingerprint density at radius 1 is 1.04 bits per heavy atom. The fraction of sp³-hybridized carbons (Fsp3) is 0.409. The van der Waals surface area contributed by atoms with E-state index in [1.165, 1.54) is 12.1 Å². The molecule has 0 bridgehead atoms. The number of urea groups is 1. The van der Waals surface area contributed by atoms with Crippen molar-refractivity contribution in [2.24, 2.45) is 0 Å². The van der Waals surface area contributed by atoms with Gasteiger partial charge in [-0.2, -0.15) is 0 Å². The van der Waals surface area contributed by atoms with E-state index in [1.807, 2.05) is 47.9 Å². The molecule has 1 aliphatic heterocycles. The average Bonchev–Trinajstić information content (AvgIpc) is 2.73. The Labute approximate surface area is 166 Å². The van der Waals surface area contributed by atoms with Gasteiger partial charge in [0.1, 0.15) is 18.2 Å². The molecule has 28 heavy (non-hydrogen) atoms. The second-order valence-corrected chi connectivity index (χ2v) is 6.84. The van der Waals surface area contributed by atoms with E-state index in [-0.39, 0.29) is 11.8 Å². The molecule has 0 N–H and O–H groups in total.